The summed E-state index contributed by atoms with van der Waals surface area (Å²) in [4.78, 5) is 22.9. The molecule has 1 heterocycles. The molecule has 0 amide bonds. The zero-order valence-corrected chi connectivity index (χ0v) is 9.69. The fourth-order valence-corrected chi connectivity index (χ4v) is 1.82. The summed E-state index contributed by atoms with van der Waals surface area (Å²) in [6.07, 6.45) is 1.60. The maximum Gasteiger partial charge on any atom is 0.312 e. The molecule has 1 aromatic heterocycles. The van der Waals surface area contributed by atoms with Crippen LogP contribution in [-0.4, -0.2) is 15.6 Å². The molecule has 1 aromatic carbocycles. The van der Waals surface area contributed by atoms with Gasteiger partial charge in [-0.3, -0.25) is 9.59 Å². The first-order valence-corrected chi connectivity index (χ1v) is 5.61. The number of aliphatic carboxylic acids is 1. The molecule has 1 atom stereocenters. The lowest BCUT2D eigenvalue weighted by atomic mass is 9.99. The molecule has 0 radical (unpaired) electrons. The Morgan fingerprint density at radius 2 is 1.78 bits per heavy atom. The normalized spacial score (nSPS) is 12.0. The molecular weight excluding hydrogens is 230 g/mol. The minimum absolute atomic E-state index is 0.138. The van der Waals surface area contributed by atoms with Gasteiger partial charge in [-0.1, -0.05) is 36.4 Å². The summed E-state index contributed by atoms with van der Waals surface area (Å²) in [6, 6.07) is 13.7. The summed E-state index contributed by atoms with van der Waals surface area (Å²) < 4.78 is 1.41. The third-order valence-electron chi connectivity index (χ3n) is 2.78. The van der Waals surface area contributed by atoms with Gasteiger partial charge >= 0.3 is 5.97 Å². The molecule has 0 aliphatic carbocycles. The number of hydrogen-bond donors (Lipinski definition) is 1. The van der Waals surface area contributed by atoms with E-state index in [2.05, 4.69) is 0 Å². The van der Waals surface area contributed by atoms with Crippen LogP contribution < -0.4 is 5.56 Å². The second kappa shape index (κ2) is 5.31. The summed E-state index contributed by atoms with van der Waals surface area (Å²) >= 11 is 0. The van der Waals surface area contributed by atoms with Crippen molar-refractivity contribution in [3.05, 3.63) is 70.6 Å². The van der Waals surface area contributed by atoms with Gasteiger partial charge in [0, 0.05) is 18.8 Å². The number of carbonyl (C=O) groups is 1. The van der Waals surface area contributed by atoms with Crippen LogP contribution in [0.2, 0.25) is 0 Å². The van der Waals surface area contributed by atoms with Crippen molar-refractivity contribution in [1.82, 2.24) is 4.57 Å². The van der Waals surface area contributed by atoms with E-state index >= 15 is 0 Å². The first-order chi connectivity index (χ1) is 8.68. The van der Waals surface area contributed by atoms with Gasteiger partial charge < -0.3 is 9.67 Å². The predicted octanol–water partition coefficient (Wildman–Crippen LogP) is 1.72. The highest BCUT2D eigenvalue weighted by Crippen LogP contribution is 2.17. The van der Waals surface area contributed by atoms with Crippen molar-refractivity contribution < 1.29 is 9.90 Å². The van der Waals surface area contributed by atoms with Crippen LogP contribution in [0.15, 0.2) is 59.5 Å². The first-order valence-electron chi connectivity index (χ1n) is 5.61. The Kier molecular flexibility index (Phi) is 3.57. The van der Waals surface area contributed by atoms with Gasteiger partial charge in [0.25, 0.3) is 5.56 Å². The SMILES string of the molecule is O=C(O)C(Cn1ccccc1=O)c1ccccc1. The third kappa shape index (κ3) is 2.66. The number of benzene rings is 1. The van der Waals surface area contributed by atoms with Crippen LogP contribution in [0.1, 0.15) is 11.5 Å². The van der Waals surface area contributed by atoms with Crippen molar-refractivity contribution in [2.45, 2.75) is 12.5 Å². The van der Waals surface area contributed by atoms with E-state index in [4.69, 9.17) is 0 Å². The van der Waals surface area contributed by atoms with Gasteiger partial charge in [0.05, 0.1) is 5.92 Å². The van der Waals surface area contributed by atoms with E-state index in [-0.39, 0.29) is 12.1 Å². The highest BCUT2D eigenvalue weighted by Gasteiger charge is 2.20. The molecule has 4 heteroatoms. The van der Waals surface area contributed by atoms with Crippen LogP contribution in [0.4, 0.5) is 0 Å². The lowest BCUT2D eigenvalue weighted by Crippen LogP contribution is -2.25. The average molecular weight is 243 g/mol. The molecule has 0 aliphatic rings. The molecular formula is C14H13NO3. The van der Waals surface area contributed by atoms with E-state index in [1.165, 1.54) is 10.6 Å². The van der Waals surface area contributed by atoms with Gasteiger partial charge in [0.1, 0.15) is 0 Å². The average Bonchev–Trinajstić information content (AvgIpc) is 2.38. The molecule has 1 unspecified atom stereocenters. The van der Waals surface area contributed by atoms with Crippen LogP contribution in [0.3, 0.4) is 0 Å². The van der Waals surface area contributed by atoms with Crippen molar-refractivity contribution in [2.75, 3.05) is 0 Å². The molecule has 0 bridgehead atoms. The second-order valence-corrected chi connectivity index (χ2v) is 3.99. The van der Waals surface area contributed by atoms with Crippen molar-refractivity contribution in [3.63, 3.8) is 0 Å². The molecule has 2 aromatic rings. The van der Waals surface area contributed by atoms with Crippen LogP contribution in [0.5, 0.6) is 0 Å². The van der Waals surface area contributed by atoms with Crippen molar-refractivity contribution >= 4 is 5.97 Å². The quantitative estimate of drug-likeness (QED) is 0.889. The summed E-state index contributed by atoms with van der Waals surface area (Å²) in [6.45, 7) is 0.138. The number of hydrogen-bond acceptors (Lipinski definition) is 2. The van der Waals surface area contributed by atoms with Gasteiger partial charge in [-0.15, -0.1) is 0 Å². The Morgan fingerprint density at radius 1 is 1.11 bits per heavy atom. The zero-order chi connectivity index (χ0) is 13.0. The molecule has 0 saturated heterocycles. The number of rotatable bonds is 4. The monoisotopic (exact) mass is 243 g/mol. The predicted molar refractivity (Wildman–Crippen MR) is 67.5 cm³/mol. The van der Waals surface area contributed by atoms with E-state index in [9.17, 15) is 14.7 Å². The van der Waals surface area contributed by atoms with E-state index < -0.39 is 11.9 Å². The van der Waals surface area contributed by atoms with Crippen LogP contribution >= 0.6 is 0 Å². The molecule has 0 spiro atoms. The van der Waals surface area contributed by atoms with Crippen molar-refractivity contribution in [2.24, 2.45) is 0 Å². The zero-order valence-electron chi connectivity index (χ0n) is 9.69. The molecule has 4 nitrogen and oxygen atoms in total. The number of aromatic nitrogens is 1. The summed E-state index contributed by atoms with van der Waals surface area (Å²) in [5.74, 6) is -1.65. The Balaban J connectivity index is 2.31. The van der Waals surface area contributed by atoms with E-state index in [1.807, 2.05) is 6.07 Å². The van der Waals surface area contributed by atoms with E-state index in [1.54, 1.807) is 42.6 Å². The van der Waals surface area contributed by atoms with Crippen LogP contribution in [0, 0.1) is 0 Å². The van der Waals surface area contributed by atoms with Gasteiger partial charge in [0.15, 0.2) is 0 Å². The number of pyridine rings is 1. The molecule has 2 rings (SSSR count). The number of carboxylic acid groups (broad SMARTS) is 1. The topological polar surface area (TPSA) is 59.3 Å². The number of carboxylic acids is 1. The lowest BCUT2D eigenvalue weighted by Gasteiger charge is -2.14. The fourth-order valence-electron chi connectivity index (χ4n) is 1.82. The Morgan fingerprint density at radius 3 is 2.39 bits per heavy atom. The molecule has 0 saturated carbocycles. The van der Waals surface area contributed by atoms with Crippen LogP contribution in [-0.2, 0) is 11.3 Å². The molecule has 92 valence electrons. The summed E-state index contributed by atoms with van der Waals surface area (Å²) in [5, 5.41) is 9.26. The van der Waals surface area contributed by atoms with E-state index in [0.29, 0.717) is 5.56 Å². The summed E-state index contributed by atoms with van der Waals surface area (Å²) in [7, 11) is 0. The van der Waals surface area contributed by atoms with E-state index in [0.717, 1.165) is 0 Å². The van der Waals surface area contributed by atoms with Gasteiger partial charge in [0.2, 0.25) is 0 Å². The highest BCUT2D eigenvalue weighted by molar-refractivity contribution is 5.75. The van der Waals surface area contributed by atoms with Crippen molar-refractivity contribution in [3.8, 4) is 0 Å². The minimum atomic E-state index is -0.933. The Hall–Kier alpha value is -2.36. The molecule has 1 N–H and O–H groups in total. The van der Waals surface area contributed by atoms with Gasteiger partial charge in [-0.05, 0) is 11.6 Å². The maximum absolute atomic E-state index is 11.6. The van der Waals surface area contributed by atoms with Crippen LogP contribution in [0.25, 0.3) is 0 Å². The summed E-state index contributed by atoms with van der Waals surface area (Å²) in [5.41, 5.74) is 0.500. The smallest absolute Gasteiger partial charge is 0.312 e. The number of nitrogens with zero attached hydrogens (tertiary/aromatic N) is 1. The molecule has 18 heavy (non-hydrogen) atoms. The largest absolute Gasteiger partial charge is 0.481 e. The highest BCUT2D eigenvalue weighted by atomic mass is 16.4. The van der Waals surface area contributed by atoms with Crippen molar-refractivity contribution in [1.29, 1.82) is 0 Å². The first kappa shape index (κ1) is 12.1. The molecule has 0 aliphatic heterocycles. The fraction of sp³-hybridized carbons (Fsp3) is 0.143. The Bertz CT molecular complexity index is 589. The van der Waals surface area contributed by atoms with Gasteiger partial charge in [-0.2, -0.15) is 0 Å². The molecule has 0 fully saturated rings. The second-order valence-electron chi connectivity index (χ2n) is 3.99. The lowest BCUT2D eigenvalue weighted by molar-refractivity contribution is -0.139. The Labute approximate surface area is 104 Å². The standard InChI is InChI=1S/C14H13NO3/c16-13-8-4-5-9-15(13)10-12(14(17)18)11-6-2-1-3-7-11/h1-9,12H,10H2,(H,17,18). The minimum Gasteiger partial charge on any atom is -0.481 e. The van der Waals surface area contributed by atoms with Gasteiger partial charge in [-0.25, -0.2) is 0 Å². The maximum atomic E-state index is 11.6. The third-order valence-corrected chi connectivity index (χ3v) is 2.78.